The highest BCUT2D eigenvalue weighted by atomic mass is 79.9. The van der Waals surface area contributed by atoms with Crippen molar-refractivity contribution in [2.24, 2.45) is 0 Å². The summed E-state index contributed by atoms with van der Waals surface area (Å²) in [5, 5.41) is 4.19. The Morgan fingerprint density at radius 1 is 1.09 bits per heavy atom. The molecular weight excluding hydrogens is 535 g/mol. The molecule has 0 atom stereocenters. The van der Waals surface area contributed by atoms with Gasteiger partial charge < -0.3 is 14.4 Å². The quantitative estimate of drug-likeness (QED) is 0.343. The molecule has 0 unspecified atom stereocenters. The second-order valence-corrected chi connectivity index (χ2v) is 10.0. The average Bonchev–Trinajstić information content (AvgIpc) is 3.30. The Hall–Kier alpha value is -1.80. The van der Waals surface area contributed by atoms with E-state index in [2.05, 4.69) is 15.9 Å². The molecule has 1 amide bonds. The van der Waals surface area contributed by atoms with Gasteiger partial charge in [-0.2, -0.15) is 0 Å². The summed E-state index contributed by atoms with van der Waals surface area (Å²) >= 11 is 17.3. The summed E-state index contributed by atoms with van der Waals surface area (Å²) in [6.07, 6.45) is 1.73. The minimum absolute atomic E-state index is 0.0214. The number of amides is 1. The first-order valence-corrected chi connectivity index (χ1v) is 12.5. The number of benzene rings is 2. The lowest BCUT2D eigenvalue weighted by Gasteiger charge is -2.31. The summed E-state index contributed by atoms with van der Waals surface area (Å²) in [5.74, 6) is 1.42. The molecule has 5 nitrogen and oxygen atoms in total. The van der Waals surface area contributed by atoms with Gasteiger partial charge in [0.25, 0.3) is 5.91 Å². The molecule has 1 aliphatic rings. The molecule has 1 aromatic heterocycles. The highest BCUT2D eigenvalue weighted by molar-refractivity contribution is 9.10. The zero-order valence-electron chi connectivity index (χ0n) is 17.5. The Balaban J connectivity index is 1.44. The lowest BCUT2D eigenvalue weighted by Crippen LogP contribution is -2.38. The number of rotatable bonds is 5. The van der Waals surface area contributed by atoms with Crippen LogP contribution in [0.1, 0.15) is 34.1 Å². The van der Waals surface area contributed by atoms with Crippen molar-refractivity contribution < 1.29 is 14.3 Å². The Labute approximate surface area is 209 Å². The number of piperidine rings is 1. The predicted octanol–water partition coefficient (Wildman–Crippen LogP) is 6.92. The number of aromatic nitrogens is 1. The van der Waals surface area contributed by atoms with E-state index in [0.717, 1.165) is 29.1 Å². The van der Waals surface area contributed by atoms with Crippen LogP contribution < -0.4 is 9.47 Å². The van der Waals surface area contributed by atoms with E-state index in [4.69, 9.17) is 37.7 Å². The average molecular weight is 556 g/mol. The lowest BCUT2D eigenvalue weighted by atomic mass is 9.97. The Bertz CT molecular complexity index is 1150. The van der Waals surface area contributed by atoms with E-state index in [0.29, 0.717) is 50.6 Å². The van der Waals surface area contributed by atoms with E-state index in [1.807, 2.05) is 22.4 Å². The number of hydrogen-bond acceptors (Lipinski definition) is 5. The minimum Gasteiger partial charge on any atom is -0.493 e. The third kappa shape index (κ3) is 4.76. The van der Waals surface area contributed by atoms with Gasteiger partial charge in [0.15, 0.2) is 11.5 Å². The summed E-state index contributed by atoms with van der Waals surface area (Å²) in [6, 6.07) is 9.04. The normalized spacial score (nSPS) is 14.5. The van der Waals surface area contributed by atoms with Crippen LogP contribution in [0.4, 0.5) is 0 Å². The van der Waals surface area contributed by atoms with Gasteiger partial charge in [-0.15, -0.1) is 11.3 Å². The van der Waals surface area contributed by atoms with E-state index in [1.54, 1.807) is 43.8 Å². The summed E-state index contributed by atoms with van der Waals surface area (Å²) in [6.45, 7) is 1.35. The molecule has 32 heavy (non-hydrogen) atoms. The number of carbonyl (C=O) groups is 1. The SMILES string of the molecule is COc1cc(Br)c(C(=O)N2CCC(c3nc(-c4ccc(Cl)c(Cl)c4)cs3)CC2)cc1OC. The molecule has 0 spiro atoms. The predicted molar refractivity (Wildman–Crippen MR) is 133 cm³/mol. The van der Waals surface area contributed by atoms with Gasteiger partial charge in [0.05, 0.1) is 40.5 Å². The zero-order valence-corrected chi connectivity index (χ0v) is 21.4. The van der Waals surface area contributed by atoms with Crippen molar-refractivity contribution in [2.75, 3.05) is 27.3 Å². The van der Waals surface area contributed by atoms with Gasteiger partial charge >= 0.3 is 0 Å². The summed E-state index contributed by atoms with van der Waals surface area (Å²) in [7, 11) is 3.13. The fourth-order valence-corrected chi connectivity index (χ4v) is 5.57. The van der Waals surface area contributed by atoms with Crippen molar-refractivity contribution in [3.8, 4) is 22.8 Å². The van der Waals surface area contributed by atoms with E-state index >= 15 is 0 Å². The van der Waals surface area contributed by atoms with Crippen LogP contribution in [0.3, 0.4) is 0 Å². The van der Waals surface area contributed by atoms with Crippen molar-refractivity contribution in [3.63, 3.8) is 0 Å². The third-order valence-corrected chi connectivity index (χ3v) is 7.97. The monoisotopic (exact) mass is 554 g/mol. The van der Waals surface area contributed by atoms with Gasteiger partial charge in [0.1, 0.15) is 0 Å². The second-order valence-electron chi connectivity index (χ2n) is 7.45. The van der Waals surface area contributed by atoms with Crippen LogP contribution in [0.2, 0.25) is 10.0 Å². The number of thiazole rings is 1. The number of ether oxygens (including phenoxy) is 2. The molecule has 3 aromatic rings. The Morgan fingerprint density at radius 3 is 2.44 bits per heavy atom. The number of nitrogens with zero attached hydrogens (tertiary/aromatic N) is 2. The van der Waals surface area contributed by atoms with Gasteiger partial charge in [-0.3, -0.25) is 4.79 Å². The van der Waals surface area contributed by atoms with Crippen LogP contribution in [0.5, 0.6) is 11.5 Å². The van der Waals surface area contributed by atoms with Crippen molar-refractivity contribution in [1.82, 2.24) is 9.88 Å². The highest BCUT2D eigenvalue weighted by Crippen LogP contribution is 2.37. The number of methoxy groups -OCH3 is 2. The lowest BCUT2D eigenvalue weighted by molar-refractivity contribution is 0.0711. The van der Waals surface area contributed by atoms with Gasteiger partial charge in [0, 0.05) is 34.4 Å². The first-order valence-electron chi connectivity index (χ1n) is 10.0. The molecule has 1 fully saturated rings. The van der Waals surface area contributed by atoms with Crippen LogP contribution in [-0.2, 0) is 0 Å². The van der Waals surface area contributed by atoms with Gasteiger partial charge in [-0.25, -0.2) is 4.98 Å². The van der Waals surface area contributed by atoms with Gasteiger partial charge in [0.2, 0.25) is 0 Å². The molecule has 2 heterocycles. The van der Waals surface area contributed by atoms with Gasteiger partial charge in [-0.05, 0) is 53.0 Å². The van der Waals surface area contributed by atoms with E-state index in [9.17, 15) is 4.79 Å². The number of likely N-dealkylation sites (tertiary alicyclic amines) is 1. The topological polar surface area (TPSA) is 51.7 Å². The minimum atomic E-state index is -0.0214. The van der Waals surface area contributed by atoms with Crippen molar-refractivity contribution in [1.29, 1.82) is 0 Å². The summed E-state index contributed by atoms with van der Waals surface area (Å²) in [4.78, 5) is 19.9. The van der Waals surface area contributed by atoms with Crippen molar-refractivity contribution in [3.05, 3.63) is 60.8 Å². The van der Waals surface area contributed by atoms with Crippen LogP contribution >= 0.6 is 50.5 Å². The van der Waals surface area contributed by atoms with E-state index in [-0.39, 0.29) is 5.91 Å². The van der Waals surface area contributed by atoms with Crippen molar-refractivity contribution >= 4 is 56.4 Å². The molecule has 0 radical (unpaired) electrons. The number of hydrogen-bond donors (Lipinski definition) is 0. The molecule has 1 aliphatic heterocycles. The van der Waals surface area contributed by atoms with E-state index < -0.39 is 0 Å². The molecule has 1 saturated heterocycles. The molecular formula is C23H21BrCl2N2O3S. The molecule has 0 aliphatic carbocycles. The molecule has 4 rings (SSSR count). The first-order chi connectivity index (χ1) is 15.4. The number of carbonyl (C=O) groups excluding carboxylic acids is 1. The van der Waals surface area contributed by atoms with Crippen LogP contribution in [0.15, 0.2) is 40.2 Å². The standard InChI is InChI=1S/C23H21BrCl2N2O3S/c1-30-20-10-15(16(24)11-21(20)31-2)23(29)28-7-5-13(6-8-28)22-27-19(12-32-22)14-3-4-17(25)18(26)9-14/h3-4,9-13H,5-8H2,1-2H3. The molecule has 2 aromatic carbocycles. The fourth-order valence-electron chi connectivity index (χ4n) is 3.78. The smallest absolute Gasteiger partial charge is 0.255 e. The van der Waals surface area contributed by atoms with Gasteiger partial charge in [-0.1, -0.05) is 29.3 Å². The molecule has 0 N–H and O–H groups in total. The first kappa shape index (κ1) is 23.4. The maximum atomic E-state index is 13.1. The zero-order chi connectivity index (χ0) is 22.8. The number of halogens is 3. The molecule has 168 valence electrons. The van der Waals surface area contributed by atoms with Crippen LogP contribution in [-0.4, -0.2) is 43.1 Å². The maximum absolute atomic E-state index is 13.1. The molecule has 0 bridgehead atoms. The van der Waals surface area contributed by atoms with E-state index in [1.165, 1.54) is 0 Å². The third-order valence-electron chi connectivity index (χ3n) is 5.57. The van der Waals surface area contributed by atoms with Crippen LogP contribution in [0.25, 0.3) is 11.3 Å². The Kier molecular flexibility index (Phi) is 7.30. The second kappa shape index (κ2) is 10.00. The highest BCUT2D eigenvalue weighted by Gasteiger charge is 2.28. The molecule has 9 heteroatoms. The fraction of sp³-hybridized carbons (Fsp3) is 0.304. The largest absolute Gasteiger partial charge is 0.493 e. The maximum Gasteiger partial charge on any atom is 0.255 e. The van der Waals surface area contributed by atoms with Crippen LogP contribution in [0, 0.1) is 0 Å². The summed E-state index contributed by atoms with van der Waals surface area (Å²) in [5.41, 5.74) is 2.42. The Morgan fingerprint density at radius 2 is 1.78 bits per heavy atom. The van der Waals surface area contributed by atoms with Crippen molar-refractivity contribution in [2.45, 2.75) is 18.8 Å². The molecule has 0 saturated carbocycles. The summed E-state index contributed by atoms with van der Waals surface area (Å²) < 4.78 is 11.4.